The van der Waals surface area contributed by atoms with E-state index < -0.39 is 10.0 Å². The van der Waals surface area contributed by atoms with Gasteiger partial charge in [0.2, 0.25) is 0 Å². The summed E-state index contributed by atoms with van der Waals surface area (Å²) >= 11 is 5.95. The number of sulfonamides is 1. The molecule has 0 fully saturated rings. The number of thiophene rings is 1. The SMILES string of the molecule is CCCCCN(C)S(=O)(=O)c1ccc(C(N)=S)s1. The summed E-state index contributed by atoms with van der Waals surface area (Å²) in [4.78, 5) is 0.862. The predicted molar refractivity (Wildman–Crippen MR) is 79.5 cm³/mol. The van der Waals surface area contributed by atoms with E-state index in [9.17, 15) is 8.42 Å². The van der Waals surface area contributed by atoms with Gasteiger partial charge in [-0.1, -0.05) is 32.0 Å². The fourth-order valence-electron chi connectivity index (χ4n) is 1.45. The van der Waals surface area contributed by atoms with E-state index in [1.165, 1.54) is 4.31 Å². The standard InChI is InChI=1S/C11H18N2O2S3/c1-3-4-5-8-13(2)18(14,15)10-7-6-9(17-10)11(12)16/h6-7H,3-5,8H2,1-2H3,(H2,12,16). The van der Waals surface area contributed by atoms with Gasteiger partial charge in [-0.05, 0) is 18.6 Å². The van der Waals surface area contributed by atoms with Crippen LogP contribution in [0.4, 0.5) is 0 Å². The first-order chi connectivity index (χ1) is 8.39. The number of hydrogen-bond acceptors (Lipinski definition) is 4. The van der Waals surface area contributed by atoms with Gasteiger partial charge in [-0.3, -0.25) is 0 Å². The monoisotopic (exact) mass is 306 g/mol. The quantitative estimate of drug-likeness (QED) is 0.619. The summed E-state index contributed by atoms with van der Waals surface area (Å²) in [6.45, 7) is 2.62. The van der Waals surface area contributed by atoms with Crippen LogP contribution in [0.5, 0.6) is 0 Å². The summed E-state index contributed by atoms with van der Waals surface area (Å²) in [5, 5.41) is 0. The van der Waals surface area contributed by atoms with Gasteiger partial charge in [-0.15, -0.1) is 11.3 Å². The van der Waals surface area contributed by atoms with Crippen molar-refractivity contribution >= 4 is 38.6 Å². The largest absolute Gasteiger partial charge is 0.389 e. The summed E-state index contributed by atoms with van der Waals surface area (Å²) in [5.74, 6) is 0. The minimum atomic E-state index is -3.40. The molecule has 18 heavy (non-hydrogen) atoms. The second-order valence-corrected chi connectivity index (χ2v) is 7.81. The van der Waals surface area contributed by atoms with Crippen LogP contribution in [0.1, 0.15) is 31.1 Å². The molecule has 0 aliphatic carbocycles. The van der Waals surface area contributed by atoms with Gasteiger partial charge < -0.3 is 5.73 Å². The van der Waals surface area contributed by atoms with Gasteiger partial charge >= 0.3 is 0 Å². The van der Waals surface area contributed by atoms with Crippen LogP contribution in [0.25, 0.3) is 0 Å². The molecule has 1 aromatic rings. The molecular weight excluding hydrogens is 288 g/mol. The maximum Gasteiger partial charge on any atom is 0.252 e. The number of rotatable bonds is 7. The van der Waals surface area contributed by atoms with Crippen molar-refractivity contribution in [3.8, 4) is 0 Å². The summed E-state index contributed by atoms with van der Waals surface area (Å²) in [6.07, 6.45) is 2.97. The minimum absolute atomic E-state index is 0.232. The Labute approximate surface area is 118 Å². The average Bonchev–Trinajstić information content (AvgIpc) is 2.79. The lowest BCUT2D eigenvalue weighted by molar-refractivity contribution is 0.456. The molecule has 0 radical (unpaired) electrons. The predicted octanol–water partition coefficient (Wildman–Crippen LogP) is 2.19. The van der Waals surface area contributed by atoms with E-state index in [1.54, 1.807) is 19.2 Å². The fourth-order valence-corrected chi connectivity index (χ4v) is 4.22. The number of nitrogens with two attached hydrogens (primary N) is 1. The molecule has 4 nitrogen and oxygen atoms in total. The Morgan fingerprint density at radius 1 is 1.44 bits per heavy atom. The molecule has 0 unspecified atom stereocenters. The van der Waals surface area contributed by atoms with E-state index in [2.05, 4.69) is 6.92 Å². The van der Waals surface area contributed by atoms with Gasteiger partial charge in [0.15, 0.2) is 0 Å². The van der Waals surface area contributed by atoms with Crippen LogP contribution in [0.3, 0.4) is 0 Å². The Morgan fingerprint density at radius 3 is 2.61 bits per heavy atom. The van der Waals surface area contributed by atoms with Crippen molar-refractivity contribution < 1.29 is 8.42 Å². The normalized spacial score (nSPS) is 11.9. The van der Waals surface area contributed by atoms with Gasteiger partial charge in [-0.25, -0.2) is 12.7 Å². The molecule has 0 aliphatic rings. The van der Waals surface area contributed by atoms with Crippen LogP contribution < -0.4 is 5.73 Å². The molecule has 0 spiro atoms. The van der Waals surface area contributed by atoms with Crippen LogP contribution >= 0.6 is 23.6 Å². The zero-order valence-electron chi connectivity index (χ0n) is 10.5. The Bertz CT molecular complexity index is 508. The number of hydrogen-bond donors (Lipinski definition) is 1. The molecule has 1 heterocycles. The lowest BCUT2D eigenvalue weighted by atomic mass is 10.2. The molecule has 1 rings (SSSR count). The molecule has 0 amide bonds. The van der Waals surface area contributed by atoms with E-state index in [1.807, 2.05) is 0 Å². The van der Waals surface area contributed by atoms with E-state index >= 15 is 0 Å². The third kappa shape index (κ3) is 3.74. The van der Waals surface area contributed by atoms with Crippen LogP contribution in [-0.2, 0) is 10.0 Å². The maximum atomic E-state index is 12.2. The molecule has 0 saturated carbocycles. The highest BCUT2D eigenvalue weighted by atomic mass is 32.2. The smallest absolute Gasteiger partial charge is 0.252 e. The second kappa shape index (κ2) is 6.60. The fraction of sp³-hybridized carbons (Fsp3) is 0.545. The van der Waals surface area contributed by atoms with E-state index in [4.69, 9.17) is 18.0 Å². The van der Waals surface area contributed by atoms with Gasteiger partial charge in [-0.2, -0.15) is 0 Å². The topological polar surface area (TPSA) is 63.4 Å². The Balaban J connectivity index is 2.81. The Kier molecular flexibility index (Phi) is 5.71. The van der Waals surface area contributed by atoms with E-state index in [0.29, 0.717) is 15.6 Å². The molecule has 0 aliphatic heterocycles. The Hall–Kier alpha value is -0.500. The highest BCUT2D eigenvalue weighted by Gasteiger charge is 2.22. The highest BCUT2D eigenvalue weighted by Crippen LogP contribution is 2.24. The molecule has 0 aromatic carbocycles. The lowest BCUT2D eigenvalue weighted by Gasteiger charge is -2.15. The van der Waals surface area contributed by atoms with Crippen molar-refractivity contribution in [2.24, 2.45) is 5.73 Å². The van der Waals surface area contributed by atoms with Gasteiger partial charge in [0.25, 0.3) is 10.0 Å². The molecular formula is C11H18N2O2S3. The first kappa shape index (κ1) is 15.6. The first-order valence-corrected chi connectivity index (χ1v) is 8.42. The average molecular weight is 306 g/mol. The van der Waals surface area contributed by atoms with Crippen LogP contribution in [0.15, 0.2) is 16.3 Å². The Morgan fingerprint density at radius 2 is 2.11 bits per heavy atom. The van der Waals surface area contributed by atoms with Crippen molar-refractivity contribution in [2.45, 2.75) is 30.4 Å². The van der Waals surface area contributed by atoms with Crippen molar-refractivity contribution in [1.29, 1.82) is 0 Å². The summed E-state index contributed by atoms with van der Waals surface area (Å²) < 4.78 is 26.1. The van der Waals surface area contributed by atoms with Crippen molar-refractivity contribution in [3.05, 3.63) is 17.0 Å². The summed E-state index contributed by atoms with van der Waals surface area (Å²) in [7, 11) is -1.79. The van der Waals surface area contributed by atoms with Crippen molar-refractivity contribution in [2.75, 3.05) is 13.6 Å². The molecule has 1 aromatic heterocycles. The van der Waals surface area contributed by atoms with Crippen molar-refractivity contribution in [1.82, 2.24) is 4.31 Å². The summed E-state index contributed by atoms with van der Waals surface area (Å²) in [6, 6.07) is 3.21. The third-order valence-corrected chi connectivity index (χ3v) is 6.36. The van der Waals surface area contributed by atoms with E-state index in [0.717, 1.165) is 30.6 Å². The number of unbranched alkanes of at least 4 members (excludes halogenated alkanes) is 2. The van der Waals surface area contributed by atoms with Gasteiger partial charge in [0.05, 0.1) is 4.88 Å². The molecule has 0 atom stereocenters. The summed E-state index contributed by atoms with van der Waals surface area (Å²) in [5.41, 5.74) is 5.48. The zero-order valence-corrected chi connectivity index (χ0v) is 13.0. The third-order valence-electron chi connectivity index (χ3n) is 2.57. The number of thiocarbonyl (C=S) groups is 1. The molecule has 102 valence electrons. The van der Waals surface area contributed by atoms with Crippen LogP contribution in [0.2, 0.25) is 0 Å². The maximum absolute atomic E-state index is 12.2. The number of nitrogens with zero attached hydrogens (tertiary/aromatic N) is 1. The zero-order chi connectivity index (χ0) is 13.8. The van der Waals surface area contributed by atoms with Gasteiger partial charge in [0.1, 0.15) is 9.20 Å². The highest BCUT2D eigenvalue weighted by molar-refractivity contribution is 7.91. The van der Waals surface area contributed by atoms with Crippen LogP contribution in [-0.4, -0.2) is 31.3 Å². The van der Waals surface area contributed by atoms with E-state index in [-0.39, 0.29) is 4.99 Å². The lowest BCUT2D eigenvalue weighted by Crippen LogP contribution is -2.27. The van der Waals surface area contributed by atoms with Gasteiger partial charge in [0, 0.05) is 13.6 Å². The molecule has 0 bridgehead atoms. The van der Waals surface area contributed by atoms with Crippen molar-refractivity contribution in [3.63, 3.8) is 0 Å². The molecule has 2 N–H and O–H groups in total. The molecule has 0 saturated heterocycles. The van der Waals surface area contributed by atoms with Crippen LogP contribution in [0, 0.1) is 0 Å². The second-order valence-electron chi connectivity index (χ2n) is 4.02. The first-order valence-electron chi connectivity index (χ1n) is 5.75. The minimum Gasteiger partial charge on any atom is -0.389 e. The molecule has 7 heteroatoms.